The van der Waals surface area contributed by atoms with Crippen molar-refractivity contribution in [3.05, 3.63) is 57.2 Å². The first-order valence-electron chi connectivity index (χ1n) is 6.45. The van der Waals surface area contributed by atoms with E-state index in [4.69, 9.17) is 0 Å². The first-order chi connectivity index (χ1) is 10.5. The SMILES string of the molecule is COC(=O)c1cc(NC(=O)Cc2ccc(I)cc2)ccc1O. The van der Waals surface area contributed by atoms with Crippen LogP contribution in [0.2, 0.25) is 0 Å². The molecule has 0 radical (unpaired) electrons. The Hall–Kier alpha value is -2.09. The topological polar surface area (TPSA) is 75.6 Å². The third kappa shape index (κ3) is 4.20. The van der Waals surface area contributed by atoms with Gasteiger partial charge in [0, 0.05) is 9.26 Å². The molecular formula is C16H14INO4. The van der Waals surface area contributed by atoms with E-state index in [0.29, 0.717) is 5.69 Å². The van der Waals surface area contributed by atoms with Crippen LogP contribution >= 0.6 is 22.6 Å². The second-order valence-electron chi connectivity index (χ2n) is 4.57. The van der Waals surface area contributed by atoms with E-state index < -0.39 is 5.97 Å². The highest BCUT2D eigenvalue weighted by molar-refractivity contribution is 14.1. The van der Waals surface area contributed by atoms with E-state index in [-0.39, 0.29) is 23.6 Å². The van der Waals surface area contributed by atoms with Crippen LogP contribution in [-0.4, -0.2) is 24.1 Å². The molecule has 0 fully saturated rings. The smallest absolute Gasteiger partial charge is 0.341 e. The zero-order valence-electron chi connectivity index (χ0n) is 11.8. The molecule has 2 rings (SSSR count). The van der Waals surface area contributed by atoms with Gasteiger partial charge in [-0.05, 0) is 58.5 Å². The first kappa shape index (κ1) is 16.3. The minimum atomic E-state index is -0.661. The average molecular weight is 411 g/mol. The largest absolute Gasteiger partial charge is 0.507 e. The second kappa shape index (κ2) is 7.26. The number of amides is 1. The van der Waals surface area contributed by atoms with E-state index in [1.54, 1.807) is 0 Å². The summed E-state index contributed by atoms with van der Waals surface area (Å²) in [6.07, 6.45) is 0.228. The summed E-state index contributed by atoms with van der Waals surface area (Å²) >= 11 is 2.20. The molecule has 0 aliphatic carbocycles. The van der Waals surface area contributed by atoms with Crippen molar-refractivity contribution in [2.24, 2.45) is 0 Å². The zero-order chi connectivity index (χ0) is 16.1. The Morgan fingerprint density at radius 2 is 1.86 bits per heavy atom. The fourth-order valence-corrected chi connectivity index (χ4v) is 2.24. The summed E-state index contributed by atoms with van der Waals surface area (Å²) in [5, 5.41) is 12.3. The Morgan fingerprint density at radius 1 is 1.18 bits per heavy atom. The number of methoxy groups -OCH3 is 1. The Labute approximate surface area is 141 Å². The number of ether oxygens (including phenoxy) is 1. The molecule has 0 aromatic heterocycles. The monoisotopic (exact) mass is 411 g/mol. The van der Waals surface area contributed by atoms with Gasteiger partial charge in [0.25, 0.3) is 0 Å². The van der Waals surface area contributed by atoms with Crippen LogP contribution in [0.15, 0.2) is 42.5 Å². The van der Waals surface area contributed by atoms with Crippen molar-refractivity contribution in [2.45, 2.75) is 6.42 Å². The molecule has 0 spiro atoms. The minimum absolute atomic E-state index is 0.00886. The lowest BCUT2D eigenvalue weighted by Crippen LogP contribution is -2.15. The molecule has 0 aliphatic heterocycles. The standard InChI is InChI=1S/C16H14INO4/c1-22-16(21)13-9-12(6-7-14(13)19)18-15(20)8-10-2-4-11(17)5-3-10/h2-7,9,19H,8H2,1H3,(H,18,20). The molecule has 5 nitrogen and oxygen atoms in total. The second-order valence-corrected chi connectivity index (χ2v) is 5.82. The number of benzene rings is 2. The Balaban J connectivity index is 2.08. The summed E-state index contributed by atoms with van der Waals surface area (Å²) in [6, 6.07) is 11.9. The molecular weight excluding hydrogens is 397 g/mol. The maximum Gasteiger partial charge on any atom is 0.341 e. The van der Waals surface area contributed by atoms with E-state index in [1.807, 2.05) is 24.3 Å². The van der Waals surface area contributed by atoms with E-state index >= 15 is 0 Å². The number of phenols is 1. The molecule has 22 heavy (non-hydrogen) atoms. The minimum Gasteiger partial charge on any atom is -0.507 e. The maximum absolute atomic E-state index is 12.0. The predicted octanol–water partition coefficient (Wildman–Crippen LogP) is 2.96. The number of rotatable bonds is 4. The fourth-order valence-electron chi connectivity index (χ4n) is 1.88. The number of hydrogen-bond acceptors (Lipinski definition) is 4. The van der Waals surface area contributed by atoms with Crippen LogP contribution in [0.4, 0.5) is 5.69 Å². The lowest BCUT2D eigenvalue weighted by atomic mass is 10.1. The molecule has 0 atom stereocenters. The first-order valence-corrected chi connectivity index (χ1v) is 7.53. The summed E-state index contributed by atoms with van der Waals surface area (Å²) in [7, 11) is 1.23. The predicted molar refractivity (Wildman–Crippen MR) is 90.9 cm³/mol. The zero-order valence-corrected chi connectivity index (χ0v) is 14.0. The molecule has 114 valence electrons. The lowest BCUT2D eigenvalue weighted by molar-refractivity contribution is -0.115. The maximum atomic E-state index is 12.0. The summed E-state index contributed by atoms with van der Waals surface area (Å²) in [5.41, 5.74) is 1.33. The van der Waals surface area contributed by atoms with E-state index in [0.717, 1.165) is 9.13 Å². The number of nitrogens with one attached hydrogen (secondary N) is 1. The van der Waals surface area contributed by atoms with E-state index in [2.05, 4.69) is 32.6 Å². The van der Waals surface area contributed by atoms with Gasteiger partial charge in [0.2, 0.25) is 5.91 Å². The molecule has 0 unspecified atom stereocenters. The molecule has 6 heteroatoms. The van der Waals surface area contributed by atoms with Gasteiger partial charge in [0.05, 0.1) is 13.5 Å². The van der Waals surface area contributed by atoms with Crippen molar-refractivity contribution in [3.8, 4) is 5.75 Å². The van der Waals surface area contributed by atoms with E-state index in [1.165, 1.54) is 25.3 Å². The number of esters is 1. The van der Waals surface area contributed by atoms with Gasteiger partial charge >= 0.3 is 5.97 Å². The van der Waals surface area contributed by atoms with Gasteiger partial charge in [-0.3, -0.25) is 4.79 Å². The average Bonchev–Trinajstić information content (AvgIpc) is 2.50. The van der Waals surface area contributed by atoms with E-state index in [9.17, 15) is 14.7 Å². The molecule has 0 bridgehead atoms. The number of hydrogen-bond donors (Lipinski definition) is 2. The summed E-state index contributed by atoms with van der Waals surface area (Å²) in [5.74, 6) is -1.06. The van der Waals surface area contributed by atoms with Gasteiger partial charge in [0.15, 0.2) is 0 Å². The van der Waals surface area contributed by atoms with Crippen molar-refractivity contribution in [2.75, 3.05) is 12.4 Å². The van der Waals surface area contributed by atoms with Crippen molar-refractivity contribution >= 4 is 40.2 Å². The molecule has 1 amide bonds. The highest BCUT2D eigenvalue weighted by Crippen LogP contribution is 2.22. The molecule has 0 aliphatic rings. The van der Waals surface area contributed by atoms with Gasteiger partial charge < -0.3 is 15.2 Å². The van der Waals surface area contributed by atoms with Crippen molar-refractivity contribution in [3.63, 3.8) is 0 Å². The fraction of sp³-hybridized carbons (Fsp3) is 0.125. The molecule has 2 N–H and O–H groups in total. The van der Waals surface area contributed by atoms with Crippen LogP contribution in [0, 0.1) is 3.57 Å². The normalized spacial score (nSPS) is 10.1. The Bertz CT molecular complexity index is 698. The highest BCUT2D eigenvalue weighted by Gasteiger charge is 2.13. The quantitative estimate of drug-likeness (QED) is 0.461. The summed E-state index contributed by atoms with van der Waals surface area (Å²) in [4.78, 5) is 23.5. The van der Waals surface area contributed by atoms with Gasteiger partial charge in [0.1, 0.15) is 11.3 Å². The van der Waals surface area contributed by atoms with Crippen LogP contribution in [0.5, 0.6) is 5.75 Å². The van der Waals surface area contributed by atoms with Crippen LogP contribution in [0.25, 0.3) is 0 Å². The number of carbonyl (C=O) groups excluding carboxylic acids is 2. The highest BCUT2D eigenvalue weighted by atomic mass is 127. The third-order valence-electron chi connectivity index (χ3n) is 2.96. The number of aromatic hydroxyl groups is 1. The van der Waals surface area contributed by atoms with Crippen LogP contribution in [0.1, 0.15) is 15.9 Å². The van der Waals surface area contributed by atoms with Gasteiger partial charge in [-0.15, -0.1) is 0 Å². The van der Waals surface area contributed by atoms with Crippen molar-refractivity contribution in [1.82, 2.24) is 0 Å². The lowest BCUT2D eigenvalue weighted by Gasteiger charge is -2.08. The number of halogens is 1. The van der Waals surface area contributed by atoms with Gasteiger partial charge in [-0.25, -0.2) is 4.79 Å². The molecule has 0 saturated carbocycles. The summed E-state index contributed by atoms with van der Waals surface area (Å²) < 4.78 is 5.67. The molecule has 0 saturated heterocycles. The third-order valence-corrected chi connectivity index (χ3v) is 3.68. The van der Waals surface area contributed by atoms with Crippen molar-refractivity contribution in [1.29, 1.82) is 0 Å². The van der Waals surface area contributed by atoms with Gasteiger partial charge in [-0.1, -0.05) is 12.1 Å². The number of carbonyl (C=O) groups is 2. The molecule has 0 heterocycles. The molecule has 2 aromatic rings. The summed E-state index contributed by atoms with van der Waals surface area (Å²) in [6.45, 7) is 0. The Kier molecular flexibility index (Phi) is 5.37. The van der Waals surface area contributed by atoms with Crippen LogP contribution < -0.4 is 5.32 Å². The Morgan fingerprint density at radius 3 is 2.50 bits per heavy atom. The van der Waals surface area contributed by atoms with Crippen molar-refractivity contribution < 1.29 is 19.4 Å². The van der Waals surface area contributed by atoms with Gasteiger partial charge in [-0.2, -0.15) is 0 Å². The number of phenolic OH excluding ortho intramolecular Hbond substituents is 1. The number of anilines is 1. The van der Waals surface area contributed by atoms with Crippen LogP contribution in [-0.2, 0) is 16.0 Å². The van der Waals surface area contributed by atoms with Crippen LogP contribution in [0.3, 0.4) is 0 Å². The molecule has 2 aromatic carbocycles.